The zero-order chi connectivity index (χ0) is 59.1. The van der Waals surface area contributed by atoms with E-state index in [0.717, 1.165) is 96.3 Å². The van der Waals surface area contributed by atoms with Crippen LogP contribution in [0, 0.1) is 0 Å². The lowest BCUT2D eigenvalue weighted by Gasteiger charge is -2.21. The molecule has 0 saturated heterocycles. The summed E-state index contributed by atoms with van der Waals surface area (Å²) in [6.07, 6.45) is 40.6. The average molecular weight is 1190 g/mol. The molecule has 0 bridgehead atoms. The molecule has 3 N–H and O–H groups in total. The molecular formula is C61H118O17P2. The minimum atomic E-state index is -4.94. The highest BCUT2D eigenvalue weighted by Gasteiger charge is 2.30. The van der Waals surface area contributed by atoms with Crippen molar-refractivity contribution in [2.45, 2.75) is 329 Å². The first-order chi connectivity index (χ1) is 38.7. The third kappa shape index (κ3) is 55.3. The second-order valence-electron chi connectivity index (χ2n) is 22.1. The topological polar surface area (TPSA) is 237 Å². The molecule has 0 rings (SSSR count). The first kappa shape index (κ1) is 78.1. The highest BCUT2D eigenvalue weighted by atomic mass is 31.2. The van der Waals surface area contributed by atoms with E-state index in [1.807, 2.05) is 0 Å². The molecule has 0 heterocycles. The number of aliphatic hydroxyl groups excluding tert-OH is 1. The Kier molecular flexibility index (Phi) is 54.8. The minimum Gasteiger partial charge on any atom is -0.462 e. The van der Waals surface area contributed by atoms with Gasteiger partial charge in [0.2, 0.25) is 0 Å². The van der Waals surface area contributed by atoms with Crippen molar-refractivity contribution in [2.75, 3.05) is 39.6 Å². The Hall–Kier alpha value is -1.94. The summed E-state index contributed by atoms with van der Waals surface area (Å²) < 4.78 is 67.6. The van der Waals surface area contributed by atoms with Gasteiger partial charge in [-0.3, -0.25) is 37.3 Å². The molecule has 0 saturated carbocycles. The van der Waals surface area contributed by atoms with Crippen LogP contribution in [0.3, 0.4) is 0 Å². The number of esters is 4. The number of hydrogen-bond acceptors (Lipinski definition) is 15. The summed E-state index contributed by atoms with van der Waals surface area (Å²) in [7, 11) is -9.87. The van der Waals surface area contributed by atoms with Gasteiger partial charge in [-0.1, -0.05) is 259 Å². The lowest BCUT2D eigenvalue weighted by Crippen LogP contribution is -2.30. The smallest absolute Gasteiger partial charge is 0.462 e. The zero-order valence-electron chi connectivity index (χ0n) is 51.0. The van der Waals surface area contributed by atoms with Crippen LogP contribution in [0.5, 0.6) is 0 Å². The molecule has 5 atom stereocenters. The van der Waals surface area contributed by atoms with E-state index in [2.05, 4.69) is 27.7 Å². The fourth-order valence-electron chi connectivity index (χ4n) is 9.10. The lowest BCUT2D eigenvalue weighted by molar-refractivity contribution is -0.161. The van der Waals surface area contributed by atoms with E-state index in [1.165, 1.54) is 135 Å². The molecule has 0 aromatic heterocycles. The Morgan fingerprint density at radius 3 is 0.738 bits per heavy atom. The first-order valence-corrected chi connectivity index (χ1v) is 35.3. The molecule has 19 heteroatoms. The summed E-state index contributed by atoms with van der Waals surface area (Å²) >= 11 is 0. The molecule has 0 fully saturated rings. The molecule has 0 aliphatic heterocycles. The van der Waals surface area contributed by atoms with Gasteiger partial charge in [0.1, 0.15) is 19.3 Å². The Balaban J connectivity index is 5.14. The second kappa shape index (κ2) is 56.2. The van der Waals surface area contributed by atoms with Crippen LogP contribution in [-0.4, -0.2) is 96.7 Å². The molecule has 474 valence electrons. The first-order valence-electron chi connectivity index (χ1n) is 32.3. The van der Waals surface area contributed by atoms with Gasteiger partial charge in [-0.2, -0.15) is 0 Å². The third-order valence-electron chi connectivity index (χ3n) is 14.1. The molecule has 0 amide bonds. The van der Waals surface area contributed by atoms with Gasteiger partial charge in [0.25, 0.3) is 0 Å². The van der Waals surface area contributed by atoms with Crippen molar-refractivity contribution in [3.63, 3.8) is 0 Å². The normalized spacial score (nSPS) is 14.2. The summed E-state index contributed by atoms with van der Waals surface area (Å²) in [5.74, 6) is -2.15. The van der Waals surface area contributed by atoms with E-state index in [4.69, 9.17) is 37.0 Å². The standard InChI is InChI=1S/C61H118O17P2/c1-5-9-13-17-20-23-25-26-27-28-29-30-33-36-40-44-48-61(66)78-57(52-72-59(64)46-42-38-34-32-24-21-18-14-10-6-2)54-76-80(69,70)74-50-55(62)49-73-79(67,68)75-53-56(51-71-58(63)45-41-37-16-12-8-4)77-60(65)47-43-39-35-31-22-19-15-11-7-3/h55-57,62H,5-54H2,1-4H3,(H,67,68)(H,69,70)/t55-,56+,57+/m0/s1. The molecule has 0 aliphatic carbocycles. The van der Waals surface area contributed by atoms with Crippen LogP contribution in [0.1, 0.15) is 310 Å². The van der Waals surface area contributed by atoms with Gasteiger partial charge in [-0.05, 0) is 25.7 Å². The van der Waals surface area contributed by atoms with Crippen LogP contribution in [0.4, 0.5) is 0 Å². The van der Waals surface area contributed by atoms with E-state index < -0.39 is 97.5 Å². The maximum atomic E-state index is 12.9. The van der Waals surface area contributed by atoms with Crippen molar-refractivity contribution >= 4 is 39.5 Å². The summed E-state index contributed by atoms with van der Waals surface area (Å²) in [6, 6.07) is 0. The van der Waals surface area contributed by atoms with Crippen LogP contribution in [0.25, 0.3) is 0 Å². The van der Waals surface area contributed by atoms with Gasteiger partial charge in [0, 0.05) is 25.7 Å². The van der Waals surface area contributed by atoms with Crippen LogP contribution < -0.4 is 0 Å². The van der Waals surface area contributed by atoms with Crippen LogP contribution >= 0.6 is 15.6 Å². The fourth-order valence-corrected chi connectivity index (χ4v) is 10.7. The highest BCUT2D eigenvalue weighted by Crippen LogP contribution is 2.45. The van der Waals surface area contributed by atoms with Crippen LogP contribution in [0.2, 0.25) is 0 Å². The van der Waals surface area contributed by atoms with Gasteiger partial charge in [-0.25, -0.2) is 9.13 Å². The van der Waals surface area contributed by atoms with Crippen molar-refractivity contribution in [1.29, 1.82) is 0 Å². The lowest BCUT2D eigenvalue weighted by atomic mass is 10.0. The number of ether oxygens (including phenoxy) is 4. The summed E-state index contributed by atoms with van der Waals surface area (Å²) in [4.78, 5) is 71.8. The number of phosphoric acid groups is 2. The van der Waals surface area contributed by atoms with Gasteiger partial charge in [0.05, 0.1) is 26.4 Å². The second-order valence-corrected chi connectivity index (χ2v) is 25.0. The molecule has 80 heavy (non-hydrogen) atoms. The number of phosphoric ester groups is 2. The maximum absolute atomic E-state index is 12.9. The van der Waals surface area contributed by atoms with Gasteiger partial charge in [0.15, 0.2) is 12.2 Å². The quantitative estimate of drug-likeness (QED) is 0.0222. The number of rotatable bonds is 62. The molecule has 0 spiro atoms. The number of aliphatic hydroxyl groups is 1. The minimum absolute atomic E-state index is 0.105. The van der Waals surface area contributed by atoms with Gasteiger partial charge < -0.3 is 33.8 Å². The number of carbonyl (C=O) groups excluding carboxylic acids is 4. The van der Waals surface area contributed by atoms with Gasteiger partial charge in [-0.15, -0.1) is 0 Å². The van der Waals surface area contributed by atoms with E-state index in [9.17, 15) is 43.2 Å². The van der Waals surface area contributed by atoms with E-state index in [0.29, 0.717) is 25.7 Å². The Morgan fingerprint density at radius 2 is 0.500 bits per heavy atom. The Morgan fingerprint density at radius 1 is 0.300 bits per heavy atom. The number of hydrogen-bond donors (Lipinski definition) is 3. The third-order valence-corrected chi connectivity index (χ3v) is 16.0. The zero-order valence-corrected chi connectivity index (χ0v) is 52.8. The van der Waals surface area contributed by atoms with Crippen molar-refractivity contribution < 1.29 is 80.2 Å². The average Bonchev–Trinajstić information content (AvgIpc) is 3.43. The number of carbonyl (C=O) groups is 4. The van der Waals surface area contributed by atoms with Gasteiger partial charge >= 0.3 is 39.5 Å². The number of unbranched alkanes of at least 4 members (excludes halogenated alkanes) is 36. The Labute approximate surface area is 486 Å². The fraction of sp³-hybridized carbons (Fsp3) is 0.934. The van der Waals surface area contributed by atoms with Crippen molar-refractivity contribution in [1.82, 2.24) is 0 Å². The molecule has 0 aliphatic rings. The predicted molar refractivity (Wildman–Crippen MR) is 317 cm³/mol. The predicted octanol–water partition coefficient (Wildman–Crippen LogP) is 16.8. The molecule has 2 unspecified atom stereocenters. The molecule has 0 aromatic rings. The van der Waals surface area contributed by atoms with Crippen LogP contribution in [-0.2, 0) is 65.4 Å². The monoisotopic (exact) mass is 1180 g/mol. The van der Waals surface area contributed by atoms with Crippen molar-refractivity contribution in [3.05, 3.63) is 0 Å². The largest absolute Gasteiger partial charge is 0.472 e. The van der Waals surface area contributed by atoms with Crippen molar-refractivity contribution in [3.8, 4) is 0 Å². The summed E-state index contributed by atoms with van der Waals surface area (Å²) in [6.45, 7) is 4.77. The van der Waals surface area contributed by atoms with Crippen LogP contribution in [0.15, 0.2) is 0 Å². The molecule has 0 aromatic carbocycles. The molecular weight excluding hydrogens is 1070 g/mol. The Bertz CT molecular complexity index is 1550. The van der Waals surface area contributed by atoms with Crippen molar-refractivity contribution in [2.24, 2.45) is 0 Å². The molecule has 17 nitrogen and oxygen atoms in total. The van der Waals surface area contributed by atoms with E-state index in [1.54, 1.807) is 0 Å². The SMILES string of the molecule is CCCCCCCCCCCCCCCCCCC(=O)O[C@H](COC(=O)CCCCCCCCCCCC)COP(=O)(O)OC[C@@H](O)COP(=O)(O)OC[C@@H](COC(=O)CCCCCCC)OC(=O)CCCCCCCCCCC. The maximum Gasteiger partial charge on any atom is 0.472 e. The van der Waals surface area contributed by atoms with E-state index in [-0.39, 0.29) is 25.7 Å². The molecule has 0 radical (unpaired) electrons. The van der Waals surface area contributed by atoms with E-state index >= 15 is 0 Å². The highest BCUT2D eigenvalue weighted by molar-refractivity contribution is 7.47. The summed E-state index contributed by atoms with van der Waals surface area (Å²) in [5, 5.41) is 10.5. The summed E-state index contributed by atoms with van der Waals surface area (Å²) in [5.41, 5.74) is 0.